The summed E-state index contributed by atoms with van der Waals surface area (Å²) in [5.41, 5.74) is 5.12. The molecule has 2 amide bonds. The summed E-state index contributed by atoms with van der Waals surface area (Å²) >= 11 is 0. The number of urea groups is 1. The number of aromatic amines is 1. The minimum Gasteiger partial charge on any atom is -0.494 e. The van der Waals surface area contributed by atoms with E-state index in [9.17, 15) is 14.7 Å². The molecule has 1 heterocycles. The van der Waals surface area contributed by atoms with Crippen LogP contribution in [-0.2, 0) is 11.3 Å². The Kier molecular flexibility index (Phi) is 7.59. The van der Waals surface area contributed by atoms with Crippen LogP contribution < -0.4 is 5.32 Å². The molecule has 3 N–H and O–H groups in total. The van der Waals surface area contributed by atoms with Crippen LogP contribution in [-0.4, -0.2) is 46.9 Å². The normalized spacial score (nSPS) is 11.3. The van der Waals surface area contributed by atoms with E-state index in [1.165, 1.54) is 7.11 Å². The summed E-state index contributed by atoms with van der Waals surface area (Å²) in [7, 11) is 3.07. The molecule has 0 spiro atoms. The third-order valence-corrected chi connectivity index (χ3v) is 6.45. The quantitative estimate of drug-likeness (QED) is 0.164. The summed E-state index contributed by atoms with van der Waals surface area (Å²) in [6, 6.07) is 31.3. The van der Waals surface area contributed by atoms with Gasteiger partial charge in [-0.2, -0.15) is 0 Å². The number of aromatic hydroxyl groups is 1. The van der Waals surface area contributed by atoms with E-state index in [4.69, 9.17) is 9.73 Å². The van der Waals surface area contributed by atoms with Crippen molar-refractivity contribution in [3.8, 4) is 5.88 Å². The topological polar surface area (TPSA) is 107 Å². The molecule has 0 aliphatic carbocycles. The third kappa shape index (κ3) is 5.71. The molecule has 0 aliphatic rings. The fourth-order valence-electron chi connectivity index (χ4n) is 4.43. The molecular weight excluding hydrogens is 504 g/mol. The number of hydrogen-bond donors (Lipinski definition) is 3. The van der Waals surface area contributed by atoms with E-state index in [2.05, 4.69) is 10.3 Å². The van der Waals surface area contributed by atoms with Gasteiger partial charge in [0, 0.05) is 35.7 Å². The number of H-pyrrole nitrogens is 1. The monoisotopic (exact) mass is 532 g/mol. The van der Waals surface area contributed by atoms with Gasteiger partial charge in [0.25, 0.3) is 0 Å². The Morgan fingerprint density at radius 1 is 0.900 bits per heavy atom. The van der Waals surface area contributed by atoms with Gasteiger partial charge in [-0.3, -0.25) is 0 Å². The van der Waals surface area contributed by atoms with E-state index in [0.29, 0.717) is 45.7 Å². The van der Waals surface area contributed by atoms with E-state index in [-0.39, 0.29) is 11.9 Å². The minimum atomic E-state index is -0.465. The molecule has 40 heavy (non-hydrogen) atoms. The molecule has 8 heteroatoms. The number of nitrogens with one attached hydrogen (secondary N) is 2. The molecule has 5 aromatic rings. The molecular formula is C32H28N4O4. The van der Waals surface area contributed by atoms with E-state index in [1.807, 2.05) is 60.7 Å². The van der Waals surface area contributed by atoms with Crippen molar-refractivity contribution in [1.29, 1.82) is 0 Å². The molecule has 0 atom stereocenters. The summed E-state index contributed by atoms with van der Waals surface area (Å²) in [6.45, 7) is 0.491. The largest absolute Gasteiger partial charge is 0.494 e. The molecule has 0 saturated carbocycles. The molecule has 4 aromatic carbocycles. The van der Waals surface area contributed by atoms with Crippen LogP contribution in [0.1, 0.15) is 27.0 Å². The van der Waals surface area contributed by atoms with Crippen molar-refractivity contribution >= 4 is 40.0 Å². The lowest BCUT2D eigenvalue weighted by atomic mass is 10.00. The average molecular weight is 533 g/mol. The van der Waals surface area contributed by atoms with Gasteiger partial charge in [-0.1, -0.05) is 66.7 Å². The number of amides is 2. The number of ether oxygens (including phenoxy) is 1. The number of methoxy groups -OCH3 is 1. The second-order valence-corrected chi connectivity index (χ2v) is 9.25. The predicted molar refractivity (Wildman–Crippen MR) is 156 cm³/mol. The van der Waals surface area contributed by atoms with E-state index in [0.717, 1.165) is 11.1 Å². The summed E-state index contributed by atoms with van der Waals surface area (Å²) in [6.07, 6.45) is 0. The van der Waals surface area contributed by atoms with Gasteiger partial charge < -0.3 is 25.0 Å². The number of carbonyl (C=O) groups excluding carboxylic acids is 2. The second-order valence-electron chi connectivity index (χ2n) is 9.25. The lowest BCUT2D eigenvalue weighted by Gasteiger charge is -2.18. The Bertz CT molecular complexity index is 1680. The maximum absolute atomic E-state index is 12.7. The van der Waals surface area contributed by atoms with Crippen molar-refractivity contribution in [2.45, 2.75) is 6.54 Å². The standard InChI is InChI=1S/C32H28N4O4/c1-36(20-21-9-5-3-6-10-21)32(39)34-25-16-14-24(15-17-25)33-29(22-11-7-4-8-12-22)28-26-18-13-23(31(38)40-2)19-27(26)35-30(28)37/h3-19,35,37H,20H2,1-2H3,(H,34,39). The molecule has 1 aromatic heterocycles. The first-order valence-electron chi connectivity index (χ1n) is 12.7. The van der Waals surface area contributed by atoms with Crippen LogP contribution in [0, 0.1) is 0 Å². The van der Waals surface area contributed by atoms with Crippen molar-refractivity contribution in [2.24, 2.45) is 4.99 Å². The van der Waals surface area contributed by atoms with Gasteiger partial charge >= 0.3 is 12.0 Å². The number of fused-ring (bicyclic) bond motifs is 1. The Labute approximate surface area is 231 Å². The molecule has 0 bridgehead atoms. The minimum absolute atomic E-state index is 0.0649. The van der Waals surface area contributed by atoms with Gasteiger partial charge in [-0.15, -0.1) is 0 Å². The zero-order valence-electron chi connectivity index (χ0n) is 22.1. The number of aliphatic imine (C=N–C) groups is 1. The van der Waals surface area contributed by atoms with Crippen LogP contribution >= 0.6 is 0 Å². The Morgan fingerprint density at radius 2 is 1.57 bits per heavy atom. The highest BCUT2D eigenvalue weighted by Gasteiger charge is 2.20. The van der Waals surface area contributed by atoms with Crippen LogP contribution in [0.5, 0.6) is 5.88 Å². The van der Waals surface area contributed by atoms with Crippen molar-refractivity contribution in [3.05, 3.63) is 125 Å². The van der Waals surface area contributed by atoms with Gasteiger partial charge in [-0.25, -0.2) is 14.6 Å². The number of carbonyl (C=O) groups is 2. The van der Waals surface area contributed by atoms with E-state index >= 15 is 0 Å². The first kappa shape index (κ1) is 26.2. The number of esters is 1. The highest BCUT2D eigenvalue weighted by atomic mass is 16.5. The summed E-state index contributed by atoms with van der Waals surface area (Å²) in [5.74, 6) is -0.530. The smallest absolute Gasteiger partial charge is 0.337 e. The first-order chi connectivity index (χ1) is 19.4. The number of hydrogen-bond acceptors (Lipinski definition) is 5. The maximum atomic E-state index is 12.7. The molecule has 200 valence electrons. The van der Waals surface area contributed by atoms with Crippen molar-refractivity contribution in [2.75, 3.05) is 19.5 Å². The predicted octanol–water partition coefficient (Wildman–Crippen LogP) is 6.49. The van der Waals surface area contributed by atoms with Crippen LogP contribution in [0.2, 0.25) is 0 Å². The van der Waals surface area contributed by atoms with Gasteiger partial charge in [0.2, 0.25) is 0 Å². The molecule has 8 nitrogen and oxygen atoms in total. The number of anilines is 1. The van der Waals surface area contributed by atoms with Crippen molar-refractivity contribution < 1.29 is 19.4 Å². The molecule has 0 fully saturated rings. The number of nitrogens with zero attached hydrogens (tertiary/aromatic N) is 2. The van der Waals surface area contributed by atoms with Crippen LogP contribution in [0.15, 0.2) is 108 Å². The summed E-state index contributed by atoms with van der Waals surface area (Å²) < 4.78 is 4.82. The van der Waals surface area contributed by atoms with Gasteiger partial charge in [0.15, 0.2) is 5.88 Å². The maximum Gasteiger partial charge on any atom is 0.337 e. The zero-order chi connectivity index (χ0) is 28.1. The summed E-state index contributed by atoms with van der Waals surface area (Å²) in [5, 5.41) is 14.5. The summed E-state index contributed by atoms with van der Waals surface area (Å²) in [4.78, 5) is 34.2. The average Bonchev–Trinajstić information content (AvgIpc) is 3.31. The third-order valence-electron chi connectivity index (χ3n) is 6.45. The Morgan fingerprint density at radius 3 is 2.25 bits per heavy atom. The first-order valence-corrected chi connectivity index (χ1v) is 12.7. The fraction of sp³-hybridized carbons (Fsp3) is 0.0938. The molecule has 0 saturated heterocycles. The van der Waals surface area contributed by atoms with Crippen LogP contribution in [0.25, 0.3) is 10.9 Å². The SMILES string of the molecule is COC(=O)c1ccc2c(C(=Nc3ccc(NC(=O)N(C)Cc4ccccc4)cc3)c3ccccc3)c(O)[nH]c2c1. The van der Waals surface area contributed by atoms with E-state index in [1.54, 1.807) is 54.4 Å². The Balaban J connectivity index is 1.44. The lowest BCUT2D eigenvalue weighted by molar-refractivity contribution is 0.0601. The van der Waals surface area contributed by atoms with Gasteiger partial charge in [-0.05, 0) is 42.0 Å². The molecule has 0 unspecified atom stereocenters. The number of rotatable bonds is 7. The van der Waals surface area contributed by atoms with Gasteiger partial charge in [0.1, 0.15) is 0 Å². The fourth-order valence-corrected chi connectivity index (χ4v) is 4.43. The lowest BCUT2D eigenvalue weighted by Crippen LogP contribution is -2.30. The molecule has 0 radical (unpaired) electrons. The highest BCUT2D eigenvalue weighted by Crippen LogP contribution is 2.32. The van der Waals surface area contributed by atoms with Crippen molar-refractivity contribution in [3.63, 3.8) is 0 Å². The number of aromatic nitrogens is 1. The van der Waals surface area contributed by atoms with E-state index < -0.39 is 5.97 Å². The van der Waals surface area contributed by atoms with Crippen LogP contribution in [0.4, 0.5) is 16.2 Å². The second kappa shape index (κ2) is 11.6. The highest BCUT2D eigenvalue weighted by molar-refractivity contribution is 6.22. The number of benzene rings is 4. The van der Waals surface area contributed by atoms with Crippen LogP contribution in [0.3, 0.4) is 0 Å². The van der Waals surface area contributed by atoms with Crippen molar-refractivity contribution in [1.82, 2.24) is 9.88 Å². The van der Waals surface area contributed by atoms with Gasteiger partial charge in [0.05, 0.1) is 29.6 Å². The molecule has 5 rings (SSSR count). The molecule has 0 aliphatic heterocycles. The zero-order valence-corrected chi connectivity index (χ0v) is 22.1. The Hall–Kier alpha value is -5.37.